The second kappa shape index (κ2) is 6.93. The van der Waals surface area contributed by atoms with E-state index in [0.29, 0.717) is 28.2 Å². The van der Waals surface area contributed by atoms with E-state index in [1.54, 1.807) is 18.3 Å². The van der Waals surface area contributed by atoms with Crippen LogP contribution in [0.5, 0.6) is 0 Å². The van der Waals surface area contributed by atoms with Crippen molar-refractivity contribution in [3.63, 3.8) is 0 Å². The highest BCUT2D eigenvalue weighted by Crippen LogP contribution is 2.27. The van der Waals surface area contributed by atoms with Crippen LogP contribution in [0.15, 0.2) is 42.7 Å². The summed E-state index contributed by atoms with van der Waals surface area (Å²) in [5.41, 5.74) is 2.13. The predicted octanol–water partition coefficient (Wildman–Crippen LogP) is 2.64. The number of halogens is 1. The molecule has 26 heavy (non-hydrogen) atoms. The minimum atomic E-state index is -0.660. The standard InChI is InChI=1S/C18H17FN4O3/c1-11(24)21-16-10-23(9-12-3-5-13(19)6-4-12)17-8-20-15(7-14(16)17)18(25)22(2)26/h3-8,10,26H,9H2,1-2H3,(H,21,24). The Morgan fingerprint density at radius 1 is 1.31 bits per heavy atom. The number of carbonyl (C=O) groups excluding carboxylic acids is 2. The predicted molar refractivity (Wildman–Crippen MR) is 93.4 cm³/mol. The van der Waals surface area contributed by atoms with Crippen molar-refractivity contribution in [1.82, 2.24) is 14.6 Å². The third-order valence-corrected chi connectivity index (χ3v) is 3.86. The number of anilines is 1. The molecular weight excluding hydrogens is 339 g/mol. The fourth-order valence-electron chi connectivity index (χ4n) is 2.68. The highest BCUT2D eigenvalue weighted by atomic mass is 19.1. The van der Waals surface area contributed by atoms with Crippen LogP contribution < -0.4 is 5.32 Å². The van der Waals surface area contributed by atoms with Gasteiger partial charge in [0.05, 0.1) is 17.4 Å². The highest BCUT2D eigenvalue weighted by molar-refractivity contribution is 6.03. The Balaban J connectivity index is 2.07. The Morgan fingerprint density at radius 2 is 2.00 bits per heavy atom. The molecule has 7 nitrogen and oxygen atoms in total. The maximum Gasteiger partial charge on any atom is 0.295 e. The van der Waals surface area contributed by atoms with Crippen molar-refractivity contribution in [3.05, 3.63) is 59.8 Å². The molecule has 0 spiro atoms. The van der Waals surface area contributed by atoms with E-state index in [2.05, 4.69) is 10.3 Å². The average Bonchev–Trinajstić information content (AvgIpc) is 2.92. The van der Waals surface area contributed by atoms with E-state index < -0.39 is 5.91 Å². The molecule has 2 heterocycles. The number of hydroxylamine groups is 2. The van der Waals surface area contributed by atoms with E-state index in [1.807, 2.05) is 4.57 Å². The third-order valence-electron chi connectivity index (χ3n) is 3.86. The largest absolute Gasteiger partial charge is 0.340 e. The summed E-state index contributed by atoms with van der Waals surface area (Å²) in [5.74, 6) is -1.23. The van der Waals surface area contributed by atoms with Gasteiger partial charge in [-0.25, -0.2) is 14.4 Å². The number of amides is 2. The van der Waals surface area contributed by atoms with Gasteiger partial charge in [0.2, 0.25) is 5.91 Å². The van der Waals surface area contributed by atoms with Gasteiger partial charge in [0.25, 0.3) is 5.91 Å². The quantitative estimate of drug-likeness (QED) is 0.556. The molecule has 0 aliphatic heterocycles. The molecule has 134 valence electrons. The van der Waals surface area contributed by atoms with Crippen molar-refractivity contribution in [1.29, 1.82) is 0 Å². The van der Waals surface area contributed by atoms with E-state index in [4.69, 9.17) is 0 Å². The van der Waals surface area contributed by atoms with Crippen LogP contribution >= 0.6 is 0 Å². The lowest BCUT2D eigenvalue weighted by molar-refractivity contribution is -0.114. The summed E-state index contributed by atoms with van der Waals surface area (Å²) >= 11 is 0. The van der Waals surface area contributed by atoms with Gasteiger partial charge in [-0.1, -0.05) is 12.1 Å². The molecule has 0 fully saturated rings. The van der Waals surface area contributed by atoms with Gasteiger partial charge in [0.15, 0.2) is 0 Å². The normalized spacial score (nSPS) is 10.8. The van der Waals surface area contributed by atoms with Gasteiger partial charge in [-0.2, -0.15) is 0 Å². The molecule has 0 aliphatic carbocycles. The molecule has 1 aromatic carbocycles. The summed E-state index contributed by atoms with van der Waals surface area (Å²) in [6.07, 6.45) is 3.23. The summed E-state index contributed by atoms with van der Waals surface area (Å²) in [4.78, 5) is 27.5. The first kappa shape index (κ1) is 17.6. The van der Waals surface area contributed by atoms with E-state index in [-0.39, 0.29) is 17.4 Å². The van der Waals surface area contributed by atoms with E-state index in [1.165, 1.54) is 38.4 Å². The van der Waals surface area contributed by atoms with E-state index >= 15 is 0 Å². The number of pyridine rings is 1. The first-order valence-electron chi connectivity index (χ1n) is 7.83. The fourth-order valence-corrected chi connectivity index (χ4v) is 2.68. The van der Waals surface area contributed by atoms with Crippen LogP contribution in [0.25, 0.3) is 10.9 Å². The van der Waals surface area contributed by atoms with Gasteiger partial charge >= 0.3 is 0 Å². The Hall–Kier alpha value is -3.26. The van der Waals surface area contributed by atoms with Gasteiger partial charge in [-0.3, -0.25) is 14.8 Å². The number of fused-ring (bicyclic) bond motifs is 1. The van der Waals surface area contributed by atoms with Crippen molar-refractivity contribution >= 4 is 28.4 Å². The van der Waals surface area contributed by atoms with Gasteiger partial charge in [0.1, 0.15) is 11.5 Å². The molecule has 0 radical (unpaired) electrons. The van der Waals surface area contributed by atoms with Crippen LogP contribution in [0.4, 0.5) is 10.1 Å². The zero-order valence-electron chi connectivity index (χ0n) is 14.2. The highest BCUT2D eigenvalue weighted by Gasteiger charge is 2.16. The van der Waals surface area contributed by atoms with Gasteiger partial charge in [0, 0.05) is 32.1 Å². The Labute approximate surface area is 148 Å². The van der Waals surface area contributed by atoms with Crippen LogP contribution in [-0.4, -0.2) is 38.7 Å². The Morgan fingerprint density at radius 3 is 2.62 bits per heavy atom. The lowest BCUT2D eigenvalue weighted by Gasteiger charge is -2.08. The molecule has 8 heteroatoms. The lowest BCUT2D eigenvalue weighted by Crippen LogP contribution is -2.23. The number of hydrogen-bond acceptors (Lipinski definition) is 4. The Bertz CT molecular complexity index is 980. The van der Waals surface area contributed by atoms with Crippen molar-refractivity contribution in [2.45, 2.75) is 13.5 Å². The minimum absolute atomic E-state index is 0.0497. The smallest absolute Gasteiger partial charge is 0.295 e. The van der Waals surface area contributed by atoms with Crippen LogP contribution in [0.3, 0.4) is 0 Å². The first-order valence-corrected chi connectivity index (χ1v) is 7.83. The average molecular weight is 356 g/mol. The molecule has 0 saturated carbocycles. The van der Waals surface area contributed by atoms with Crippen LogP contribution in [-0.2, 0) is 11.3 Å². The number of carbonyl (C=O) groups is 2. The van der Waals surface area contributed by atoms with Crippen LogP contribution in [0.1, 0.15) is 23.0 Å². The van der Waals surface area contributed by atoms with Gasteiger partial charge in [-0.15, -0.1) is 0 Å². The number of nitrogens with zero attached hydrogens (tertiary/aromatic N) is 3. The summed E-state index contributed by atoms with van der Waals surface area (Å²) < 4.78 is 14.9. The number of benzene rings is 1. The SMILES string of the molecule is CC(=O)Nc1cn(Cc2ccc(F)cc2)c2cnc(C(=O)N(C)O)cc12. The van der Waals surface area contributed by atoms with Crippen molar-refractivity contribution in [2.24, 2.45) is 0 Å². The topological polar surface area (TPSA) is 87.5 Å². The third kappa shape index (κ3) is 3.55. The minimum Gasteiger partial charge on any atom is -0.340 e. The molecule has 0 atom stereocenters. The monoisotopic (exact) mass is 356 g/mol. The molecular formula is C18H17FN4O3. The molecule has 2 aromatic heterocycles. The van der Waals surface area contributed by atoms with Gasteiger partial charge < -0.3 is 9.88 Å². The fraction of sp³-hybridized carbons (Fsp3) is 0.167. The summed E-state index contributed by atoms with van der Waals surface area (Å²) in [5, 5.41) is 13.1. The van der Waals surface area contributed by atoms with Crippen molar-refractivity contribution < 1.29 is 19.2 Å². The maximum atomic E-state index is 13.1. The summed E-state index contributed by atoms with van der Waals surface area (Å²) in [6.45, 7) is 1.82. The second-order valence-electron chi connectivity index (χ2n) is 5.89. The second-order valence-corrected chi connectivity index (χ2v) is 5.89. The van der Waals surface area contributed by atoms with E-state index in [9.17, 15) is 19.2 Å². The number of hydrogen-bond donors (Lipinski definition) is 2. The van der Waals surface area contributed by atoms with Crippen LogP contribution in [0, 0.1) is 5.82 Å². The number of aromatic nitrogens is 2. The van der Waals surface area contributed by atoms with Crippen LogP contribution in [0.2, 0.25) is 0 Å². The molecule has 0 aliphatic rings. The maximum absolute atomic E-state index is 13.1. The molecule has 0 saturated heterocycles. The van der Waals surface area contributed by atoms with Crippen molar-refractivity contribution in [3.8, 4) is 0 Å². The van der Waals surface area contributed by atoms with Crippen molar-refractivity contribution in [2.75, 3.05) is 12.4 Å². The molecule has 2 N–H and O–H groups in total. The number of rotatable bonds is 4. The van der Waals surface area contributed by atoms with E-state index in [0.717, 1.165) is 5.56 Å². The number of nitrogens with one attached hydrogen (secondary N) is 1. The zero-order chi connectivity index (χ0) is 18.8. The summed E-state index contributed by atoms with van der Waals surface area (Å²) in [6, 6.07) is 7.61. The molecule has 0 bridgehead atoms. The Kier molecular flexibility index (Phi) is 4.68. The molecule has 2 amide bonds. The lowest BCUT2D eigenvalue weighted by atomic mass is 10.2. The first-order chi connectivity index (χ1) is 12.3. The van der Waals surface area contributed by atoms with Gasteiger partial charge in [-0.05, 0) is 23.8 Å². The molecule has 3 rings (SSSR count). The summed E-state index contributed by atoms with van der Waals surface area (Å²) in [7, 11) is 1.21. The zero-order valence-corrected chi connectivity index (χ0v) is 14.2. The molecule has 3 aromatic rings. The molecule has 0 unspecified atom stereocenters.